The minimum Gasteiger partial charge on any atom is -0.489 e. The van der Waals surface area contributed by atoms with E-state index < -0.39 is 5.54 Å². The Morgan fingerprint density at radius 3 is 2.86 bits per heavy atom. The molecule has 2 N–H and O–H groups in total. The number of aliphatic hydroxyl groups is 1. The lowest BCUT2D eigenvalue weighted by atomic mass is 9.90. The number of hydrogen-bond donors (Lipinski definition) is 2. The zero-order valence-electron chi connectivity index (χ0n) is 16.3. The Morgan fingerprint density at radius 1 is 1.31 bits per heavy atom. The van der Waals surface area contributed by atoms with E-state index in [4.69, 9.17) is 13.9 Å². The molecule has 1 aliphatic heterocycles. The van der Waals surface area contributed by atoms with Gasteiger partial charge in [-0.15, -0.1) is 0 Å². The molecular formula is C22H24N2O5. The fraction of sp³-hybridized carbons (Fsp3) is 0.364. The van der Waals surface area contributed by atoms with Gasteiger partial charge in [0.25, 0.3) is 5.91 Å². The van der Waals surface area contributed by atoms with Gasteiger partial charge in [-0.3, -0.25) is 9.78 Å². The van der Waals surface area contributed by atoms with Crippen LogP contribution in [0.2, 0.25) is 0 Å². The molecule has 0 saturated carbocycles. The molecule has 0 spiro atoms. The van der Waals surface area contributed by atoms with Gasteiger partial charge in [-0.1, -0.05) is 6.07 Å². The van der Waals surface area contributed by atoms with E-state index in [-0.39, 0.29) is 12.5 Å². The molecule has 4 rings (SSSR count). The van der Waals surface area contributed by atoms with Crippen molar-refractivity contribution < 1.29 is 23.8 Å². The summed E-state index contributed by atoms with van der Waals surface area (Å²) in [5.41, 5.74) is 1.37. The van der Waals surface area contributed by atoms with Crippen LogP contribution < -0.4 is 10.1 Å². The van der Waals surface area contributed by atoms with Crippen molar-refractivity contribution >= 4 is 16.9 Å². The first-order valence-electron chi connectivity index (χ1n) is 9.66. The largest absolute Gasteiger partial charge is 0.489 e. The van der Waals surface area contributed by atoms with Crippen LogP contribution in [0.15, 0.2) is 47.1 Å². The second-order valence-corrected chi connectivity index (χ2v) is 7.35. The topological polar surface area (TPSA) is 93.8 Å². The fourth-order valence-corrected chi connectivity index (χ4v) is 3.61. The monoisotopic (exact) mass is 396 g/mol. The maximum absolute atomic E-state index is 13.1. The number of pyridine rings is 1. The molecule has 1 aromatic carbocycles. The van der Waals surface area contributed by atoms with Crippen molar-refractivity contribution in [3.05, 3.63) is 59.6 Å². The van der Waals surface area contributed by atoms with Crippen LogP contribution in [0.4, 0.5) is 0 Å². The number of furan rings is 1. The molecule has 1 aliphatic rings. The molecule has 0 bridgehead atoms. The molecule has 7 heteroatoms. The summed E-state index contributed by atoms with van der Waals surface area (Å²) < 4.78 is 17.0. The van der Waals surface area contributed by atoms with Gasteiger partial charge in [0.2, 0.25) is 0 Å². The van der Waals surface area contributed by atoms with E-state index in [2.05, 4.69) is 10.3 Å². The molecule has 1 fully saturated rings. The van der Waals surface area contributed by atoms with Crippen LogP contribution >= 0.6 is 0 Å². The lowest BCUT2D eigenvalue weighted by Gasteiger charge is -2.36. The highest BCUT2D eigenvalue weighted by Gasteiger charge is 2.35. The predicted octanol–water partition coefficient (Wildman–Crippen LogP) is 2.99. The average molecular weight is 396 g/mol. The van der Waals surface area contributed by atoms with E-state index >= 15 is 0 Å². The maximum Gasteiger partial charge on any atom is 0.255 e. The average Bonchev–Trinajstić information content (AvgIpc) is 3.08. The van der Waals surface area contributed by atoms with Crippen molar-refractivity contribution in [3.8, 4) is 5.75 Å². The second-order valence-electron chi connectivity index (χ2n) is 7.35. The van der Waals surface area contributed by atoms with Gasteiger partial charge in [0.15, 0.2) is 0 Å². The Labute approximate surface area is 168 Å². The first kappa shape index (κ1) is 19.4. The van der Waals surface area contributed by atoms with Crippen molar-refractivity contribution in [2.24, 2.45) is 0 Å². The number of aryl methyl sites for hydroxylation is 1. The van der Waals surface area contributed by atoms with Crippen LogP contribution in [0.25, 0.3) is 11.0 Å². The van der Waals surface area contributed by atoms with E-state index in [1.54, 1.807) is 25.4 Å². The number of ether oxygens (including phenoxy) is 2. The third-order valence-electron chi connectivity index (χ3n) is 5.32. The van der Waals surface area contributed by atoms with Gasteiger partial charge in [-0.25, -0.2) is 0 Å². The predicted molar refractivity (Wildman–Crippen MR) is 107 cm³/mol. The molecule has 1 saturated heterocycles. The number of hydrogen-bond acceptors (Lipinski definition) is 6. The van der Waals surface area contributed by atoms with Gasteiger partial charge >= 0.3 is 0 Å². The van der Waals surface area contributed by atoms with E-state index in [1.165, 1.54) is 0 Å². The minimum absolute atomic E-state index is 0.129. The number of benzene rings is 1. The van der Waals surface area contributed by atoms with Gasteiger partial charge < -0.3 is 24.3 Å². The highest BCUT2D eigenvalue weighted by molar-refractivity contribution is 6.07. The highest BCUT2D eigenvalue weighted by atomic mass is 16.5. The number of rotatable bonds is 6. The Balaban J connectivity index is 1.58. The van der Waals surface area contributed by atoms with Crippen LogP contribution in [-0.4, -0.2) is 41.4 Å². The highest BCUT2D eigenvalue weighted by Crippen LogP contribution is 2.30. The SMILES string of the molecule is Cc1oc2ccc(OCc3cccnc3)cc2c1C(=O)NC1(CO)CCOCC1. The summed E-state index contributed by atoms with van der Waals surface area (Å²) in [5, 5.41) is 13.6. The van der Waals surface area contributed by atoms with Gasteiger partial charge in [0.05, 0.1) is 17.7 Å². The number of nitrogens with one attached hydrogen (secondary N) is 1. The smallest absolute Gasteiger partial charge is 0.255 e. The summed E-state index contributed by atoms with van der Waals surface area (Å²) in [4.78, 5) is 17.2. The van der Waals surface area contributed by atoms with Gasteiger partial charge in [0, 0.05) is 36.6 Å². The van der Waals surface area contributed by atoms with Crippen LogP contribution in [0.5, 0.6) is 5.75 Å². The Hall–Kier alpha value is -2.90. The summed E-state index contributed by atoms with van der Waals surface area (Å²) in [6.07, 6.45) is 4.61. The number of nitrogens with zero attached hydrogens (tertiary/aromatic N) is 1. The molecule has 3 heterocycles. The van der Waals surface area contributed by atoms with Crippen LogP contribution in [0.1, 0.15) is 34.5 Å². The molecule has 1 amide bonds. The molecule has 2 aromatic heterocycles. The molecule has 152 valence electrons. The number of aliphatic hydroxyl groups excluding tert-OH is 1. The lowest BCUT2D eigenvalue weighted by Crippen LogP contribution is -2.54. The molecule has 0 aliphatic carbocycles. The van der Waals surface area contributed by atoms with Gasteiger partial charge in [-0.2, -0.15) is 0 Å². The normalized spacial score (nSPS) is 15.9. The number of aromatic nitrogens is 1. The summed E-state index contributed by atoms with van der Waals surface area (Å²) in [6.45, 7) is 3.04. The second kappa shape index (κ2) is 8.23. The summed E-state index contributed by atoms with van der Waals surface area (Å²) in [7, 11) is 0. The summed E-state index contributed by atoms with van der Waals surface area (Å²) >= 11 is 0. The number of carbonyl (C=O) groups is 1. The fourth-order valence-electron chi connectivity index (χ4n) is 3.61. The number of amides is 1. The molecule has 0 atom stereocenters. The van der Waals surface area contributed by atoms with Crippen molar-refractivity contribution in [1.29, 1.82) is 0 Å². The molecule has 0 radical (unpaired) electrons. The van der Waals surface area contributed by atoms with E-state index in [1.807, 2.05) is 24.3 Å². The molecular weight excluding hydrogens is 372 g/mol. The van der Waals surface area contributed by atoms with Crippen molar-refractivity contribution in [3.63, 3.8) is 0 Å². The van der Waals surface area contributed by atoms with Gasteiger partial charge in [-0.05, 0) is 44.0 Å². The number of fused-ring (bicyclic) bond motifs is 1. The van der Waals surface area contributed by atoms with Crippen molar-refractivity contribution in [2.45, 2.75) is 31.9 Å². The zero-order valence-corrected chi connectivity index (χ0v) is 16.3. The Morgan fingerprint density at radius 2 is 2.14 bits per heavy atom. The minimum atomic E-state index is -0.667. The third kappa shape index (κ3) is 4.11. The summed E-state index contributed by atoms with van der Waals surface area (Å²) in [6, 6.07) is 9.23. The van der Waals surface area contributed by atoms with Crippen LogP contribution in [0.3, 0.4) is 0 Å². The van der Waals surface area contributed by atoms with Gasteiger partial charge in [0.1, 0.15) is 23.7 Å². The van der Waals surface area contributed by atoms with Crippen LogP contribution in [-0.2, 0) is 11.3 Å². The molecule has 0 unspecified atom stereocenters. The van der Waals surface area contributed by atoms with E-state index in [0.717, 1.165) is 5.56 Å². The molecule has 7 nitrogen and oxygen atoms in total. The first-order chi connectivity index (χ1) is 14.1. The van der Waals surface area contributed by atoms with E-state index in [9.17, 15) is 9.90 Å². The number of carbonyl (C=O) groups excluding carboxylic acids is 1. The standard InChI is InChI=1S/C22H24N2O5/c1-15-20(21(26)24-22(14-25)6-9-27-10-7-22)18-11-17(4-5-19(18)29-15)28-13-16-3-2-8-23-12-16/h2-5,8,11-12,25H,6-7,9-10,13-14H2,1H3,(H,24,26). The van der Waals surface area contributed by atoms with Crippen LogP contribution in [0, 0.1) is 6.92 Å². The first-order valence-corrected chi connectivity index (χ1v) is 9.66. The lowest BCUT2D eigenvalue weighted by molar-refractivity contribution is 0.0125. The molecule has 3 aromatic rings. The van der Waals surface area contributed by atoms with Crippen molar-refractivity contribution in [1.82, 2.24) is 10.3 Å². The maximum atomic E-state index is 13.1. The third-order valence-corrected chi connectivity index (χ3v) is 5.32. The summed E-state index contributed by atoms with van der Waals surface area (Å²) in [5.74, 6) is 0.905. The quantitative estimate of drug-likeness (QED) is 0.665. The Bertz CT molecular complexity index is 993. The van der Waals surface area contributed by atoms with E-state index in [0.29, 0.717) is 60.7 Å². The zero-order chi connectivity index (χ0) is 20.3. The van der Waals surface area contributed by atoms with Crippen molar-refractivity contribution in [2.75, 3.05) is 19.8 Å². The Kier molecular flexibility index (Phi) is 5.51. The molecule has 29 heavy (non-hydrogen) atoms.